The minimum Gasteiger partial charge on any atom is -0.316 e. The zero-order valence-corrected chi connectivity index (χ0v) is 9.18. The fraction of sp³-hybridized carbons (Fsp3) is 1.00. The maximum atomic E-state index is 3.39. The average molecular weight is 184 g/mol. The van der Waals surface area contributed by atoms with Crippen LogP contribution in [0, 0.1) is 0 Å². The van der Waals surface area contributed by atoms with Gasteiger partial charge in [0.05, 0.1) is 0 Å². The molecule has 1 saturated heterocycles. The molecule has 1 rings (SSSR count). The second kappa shape index (κ2) is 6.39. The lowest BCUT2D eigenvalue weighted by Crippen LogP contribution is -2.38. The van der Waals surface area contributed by atoms with Gasteiger partial charge in [-0.15, -0.1) is 0 Å². The lowest BCUT2D eigenvalue weighted by molar-refractivity contribution is 0.214. The Morgan fingerprint density at radius 1 is 1.31 bits per heavy atom. The van der Waals surface area contributed by atoms with Gasteiger partial charge in [-0.25, -0.2) is 0 Å². The van der Waals surface area contributed by atoms with E-state index in [1.165, 1.54) is 38.8 Å². The fourth-order valence-electron chi connectivity index (χ4n) is 2.07. The molecule has 1 unspecified atom stereocenters. The Morgan fingerprint density at radius 3 is 2.92 bits per heavy atom. The molecular weight excluding hydrogens is 160 g/mol. The van der Waals surface area contributed by atoms with Gasteiger partial charge in [-0.2, -0.15) is 0 Å². The van der Waals surface area contributed by atoms with Crippen LogP contribution in [0.1, 0.15) is 39.5 Å². The normalized spacial score (nSPS) is 25.8. The first-order valence-corrected chi connectivity index (χ1v) is 5.79. The Hall–Kier alpha value is -0.0800. The standard InChI is InChI=1S/C11H24N2/c1-3-12-8-10-13-9-6-4-5-7-11(13)2/h11-12H,3-10H2,1-2H3. The van der Waals surface area contributed by atoms with Crippen LogP contribution in [0.4, 0.5) is 0 Å². The van der Waals surface area contributed by atoms with Crippen molar-refractivity contribution in [2.45, 2.75) is 45.6 Å². The summed E-state index contributed by atoms with van der Waals surface area (Å²) in [4.78, 5) is 2.63. The van der Waals surface area contributed by atoms with Crippen molar-refractivity contribution in [3.8, 4) is 0 Å². The predicted octanol–water partition coefficient (Wildman–Crippen LogP) is 1.86. The number of hydrogen-bond donors (Lipinski definition) is 1. The predicted molar refractivity (Wildman–Crippen MR) is 58.0 cm³/mol. The van der Waals surface area contributed by atoms with Gasteiger partial charge in [0.1, 0.15) is 0 Å². The Morgan fingerprint density at radius 2 is 2.15 bits per heavy atom. The molecule has 1 fully saturated rings. The number of likely N-dealkylation sites (tertiary alicyclic amines) is 1. The summed E-state index contributed by atoms with van der Waals surface area (Å²) in [5.41, 5.74) is 0. The van der Waals surface area contributed by atoms with Crippen molar-refractivity contribution in [1.82, 2.24) is 10.2 Å². The largest absolute Gasteiger partial charge is 0.316 e. The van der Waals surface area contributed by atoms with Crippen molar-refractivity contribution in [3.63, 3.8) is 0 Å². The van der Waals surface area contributed by atoms with Crippen LogP contribution in [0.5, 0.6) is 0 Å². The molecule has 0 radical (unpaired) electrons. The van der Waals surface area contributed by atoms with Gasteiger partial charge < -0.3 is 5.32 Å². The SMILES string of the molecule is CCNCCN1CCCCCC1C. The molecule has 0 aliphatic carbocycles. The molecule has 0 aromatic carbocycles. The first-order chi connectivity index (χ1) is 6.34. The molecule has 2 heteroatoms. The summed E-state index contributed by atoms with van der Waals surface area (Å²) in [7, 11) is 0. The van der Waals surface area contributed by atoms with Gasteiger partial charge in [0, 0.05) is 19.1 Å². The fourth-order valence-corrected chi connectivity index (χ4v) is 2.07. The van der Waals surface area contributed by atoms with E-state index in [0.717, 1.165) is 19.1 Å². The van der Waals surface area contributed by atoms with Crippen LogP contribution in [0.2, 0.25) is 0 Å². The smallest absolute Gasteiger partial charge is 0.0110 e. The average Bonchev–Trinajstić information content (AvgIpc) is 2.32. The van der Waals surface area contributed by atoms with E-state index in [1.807, 2.05) is 0 Å². The van der Waals surface area contributed by atoms with Gasteiger partial charge >= 0.3 is 0 Å². The second-order valence-electron chi connectivity index (χ2n) is 4.09. The van der Waals surface area contributed by atoms with Crippen molar-refractivity contribution in [2.75, 3.05) is 26.2 Å². The van der Waals surface area contributed by atoms with Crippen LogP contribution in [-0.2, 0) is 0 Å². The van der Waals surface area contributed by atoms with Crippen LogP contribution >= 0.6 is 0 Å². The summed E-state index contributed by atoms with van der Waals surface area (Å²) in [6, 6.07) is 0.807. The Kier molecular flexibility index (Phi) is 5.40. The maximum absolute atomic E-state index is 3.39. The van der Waals surface area contributed by atoms with Crippen LogP contribution in [0.15, 0.2) is 0 Å². The van der Waals surface area contributed by atoms with Crippen molar-refractivity contribution < 1.29 is 0 Å². The quantitative estimate of drug-likeness (QED) is 0.671. The van der Waals surface area contributed by atoms with Crippen molar-refractivity contribution in [3.05, 3.63) is 0 Å². The molecular formula is C11H24N2. The van der Waals surface area contributed by atoms with Gasteiger partial charge in [0.25, 0.3) is 0 Å². The molecule has 0 aromatic heterocycles. The topological polar surface area (TPSA) is 15.3 Å². The van der Waals surface area contributed by atoms with Gasteiger partial charge in [-0.05, 0) is 32.9 Å². The molecule has 0 saturated carbocycles. The van der Waals surface area contributed by atoms with Crippen molar-refractivity contribution in [1.29, 1.82) is 0 Å². The van der Waals surface area contributed by atoms with Crippen LogP contribution in [0.3, 0.4) is 0 Å². The second-order valence-corrected chi connectivity index (χ2v) is 4.09. The maximum Gasteiger partial charge on any atom is 0.0110 e. The summed E-state index contributed by atoms with van der Waals surface area (Å²) in [5.74, 6) is 0. The van der Waals surface area contributed by atoms with Crippen LogP contribution in [-0.4, -0.2) is 37.1 Å². The molecule has 0 spiro atoms. The highest BCUT2D eigenvalue weighted by molar-refractivity contribution is 4.71. The van der Waals surface area contributed by atoms with E-state index >= 15 is 0 Å². The zero-order valence-electron chi connectivity index (χ0n) is 9.18. The van der Waals surface area contributed by atoms with E-state index in [0.29, 0.717) is 0 Å². The molecule has 0 aromatic rings. The molecule has 1 aliphatic rings. The van der Waals surface area contributed by atoms with Crippen molar-refractivity contribution in [2.24, 2.45) is 0 Å². The lowest BCUT2D eigenvalue weighted by Gasteiger charge is -2.26. The van der Waals surface area contributed by atoms with Gasteiger partial charge in [-0.1, -0.05) is 19.8 Å². The monoisotopic (exact) mass is 184 g/mol. The minimum atomic E-state index is 0.807. The van der Waals surface area contributed by atoms with Gasteiger partial charge in [-0.3, -0.25) is 4.90 Å². The first-order valence-electron chi connectivity index (χ1n) is 5.79. The molecule has 1 aliphatic heterocycles. The molecule has 1 atom stereocenters. The highest BCUT2D eigenvalue weighted by Crippen LogP contribution is 2.15. The number of nitrogens with one attached hydrogen (secondary N) is 1. The first kappa shape index (κ1) is 11.0. The summed E-state index contributed by atoms with van der Waals surface area (Å²) >= 11 is 0. The third-order valence-corrected chi connectivity index (χ3v) is 3.02. The zero-order chi connectivity index (χ0) is 9.52. The highest BCUT2D eigenvalue weighted by Gasteiger charge is 2.15. The Balaban J connectivity index is 2.19. The lowest BCUT2D eigenvalue weighted by atomic mass is 10.1. The summed E-state index contributed by atoms with van der Waals surface area (Å²) in [5, 5.41) is 3.39. The van der Waals surface area contributed by atoms with E-state index in [2.05, 4.69) is 24.1 Å². The molecule has 1 heterocycles. The van der Waals surface area contributed by atoms with E-state index in [4.69, 9.17) is 0 Å². The van der Waals surface area contributed by atoms with Gasteiger partial charge in [0.2, 0.25) is 0 Å². The molecule has 0 bridgehead atoms. The Labute approximate surface area is 82.7 Å². The molecule has 78 valence electrons. The summed E-state index contributed by atoms with van der Waals surface area (Å²) < 4.78 is 0. The van der Waals surface area contributed by atoms with E-state index in [1.54, 1.807) is 0 Å². The number of likely N-dealkylation sites (N-methyl/N-ethyl adjacent to an activating group) is 1. The van der Waals surface area contributed by atoms with Crippen molar-refractivity contribution >= 4 is 0 Å². The number of nitrogens with zero attached hydrogens (tertiary/aromatic N) is 1. The highest BCUT2D eigenvalue weighted by atomic mass is 15.2. The van der Waals surface area contributed by atoms with E-state index < -0.39 is 0 Å². The molecule has 13 heavy (non-hydrogen) atoms. The van der Waals surface area contributed by atoms with Crippen LogP contribution < -0.4 is 5.32 Å². The number of rotatable bonds is 4. The van der Waals surface area contributed by atoms with E-state index in [9.17, 15) is 0 Å². The van der Waals surface area contributed by atoms with Gasteiger partial charge in [0.15, 0.2) is 0 Å². The third kappa shape index (κ3) is 4.10. The summed E-state index contributed by atoms with van der Waals surface area (Å²) in [6.07, 6.45) is 5.66. The molecule has 2 nitrogen and oxygen atoms in total. The number of hydrogen-bond acceptors (Lipinski definition) is 2. The Bertz CT molecular complexity index is 125. The van der Waals surface area contributed by atoms with E-state index in [-0.39, 0.29) is 0 Å². The minimum absolute atomic E-state index is 0.807. The summed E-state index contributed by atoms with van der Waals surface area (Å²) in [6.45, 7) is 9.34. The third-order valence-electron chi connectivity index (χ3n) is 3.02. The molecule has 1 N–H and O–H groups in total. The molecule has 0 amide bonds. The van der Waals surface area contributed by atoms with Crippen LogP contribution in [0.25, 0.3) is 0 Å².